The second-order valence-corrected chi connectivity index (χ2v) is 7.82. The van der Waals surface area contributed by atoms with Crippen LogP contribution >= 0.6 is 15.2 Å². The van der Waals surface area contributed by atoms with Gasteiger partial charge in [0.05, 0.1) is 0 Å². The molecule has 0 aliphatic carbocycles. The van der Waals surface area contributed by atoms with Crippen molar-refractivity contribution in [1.29, 1.82) is 0 Å². The van der Waals surface area contributed by atoms with Crippen LogP contribution < -0.4 is 5.73 Å². The summed E-state index contributed by atoms with van der Waals surface area (Å²) in [5.41, 5.74) is 5.24. The fourth-order valence-corrected chi connectivity index (χ4v) is 3.58. The van der Waals surface area contributed by atoms with Crippen molar-refractivity contribution in [1.82, 2.24) is 0 Å². The molecule has 0 bridgehead atoms. The first-order valence-corrected chi connectivity index (χ1v) is 8.32. The third-order valence-electron chi connectivity index (χ3n) is 2.40. The molecule has 0 aliphatic heterocycles. The van der Waals surface area contributed by atoms with Gasteiger partial charge < -0.3 is 30.4 Å². The van der Waals surface area contributed by atoms with E-state index >= 15 is 0 Å². The fourth-order valence-electron chi connectivity index (χ4n) is 1.32. The Kier molecular flexibility index (Phi) is 6.49. The second-order valence-electron chi connectivity index (χ2n) is 3.82. The fraction of sp³-hybridized carbons (Fsp3) is 1.00. The largest absolute Gasteiger partial charge is 0.369 e. The van der Waals surface area contributed by atoms with Gasteiger partial charge in [0.15, 0.2) is 0 Å². The molecule has 0 aromatic rings. The number of nitrogens with two attached hydrogens (primary N) is 1. The van der Waals surface area contributed by atoms with Crippen LogP contribution in [-0.4, -0.2) is 36.3 Å². The summed E-state index contributed by atoms with van der Waals surface area (Å²) in [6, 6.07) is 0. The van der Waals surface area contributed by atoms with E-state index in [1.54, 1.807) is 0 Å². The maximum Gasteiger partial charge on any atom is 0.369 e. The maximum absolute atomic E-state index is 11.0. The highest BCUT2D eigenvalue weighted by Gasteiger charge is 2.58. The highest BCUT2D eigenvalue weighted by Crippen LogP contribution is 2.69. The van der Waals surface area contributed by atoms with E-state index in [2.05, 4.69) is 0 Å². The standard InChI is InChI=1S/C7H19NO7P2/c8-6-4-2-1-3-5-7(9,16(10,11)12)17(13,14)15/h9H,1-6,8H2,(H2,10,11,12)(H2,13,14,15). The van der Waals surface area contributed by atoms with Crippen molar-refractivity contribution < 1.29 is 33.8 Å². The molecule has 0 rings (SSSR count). The summed E-state index contributed by atoms with van der Waals surface area (Å²) in [7, 11) is -10.6. The van der Waals surface area contributed by atoms with Crippen LogP contribution in [0.5, 0.6) is 0 Å². The SMILES string of the molecule is NCCCCCCC(O)(P(=O)(O)O)P(=O)(O)O. The molecule has 17 heavy (non-hydrogen) atoms. The number of unbranched alkanes of at least 4 members (excludes halogenated alkanes) is 3. The van der Waals surface area contributed by atoms with E-state index in [-0.39, 0.29) is 6.42 Å². The van der Waals surface area contributed by atoms with Crippen LogP contribution in [0.15, 0.2) is 0 Å². The molecular weight excluding hydrogens is 272 g/mol. The van der Waals surface area contributed by atoms with Gasteiger partial charge in [-0.25, -0.2) is 0 Å². The molecular formula is C7H19NO7P2. The predicted molar refractivity (Wildman–Crippen MR) is 61.2 cm³/mol. The van der Waals surface area contributed by atoms with Gasteiger partial charge in [0.25, 0.3) is 5.08 Å². The minimum atomic E-state index is -5.30. The molecule has 0 fully saturated rings. The van der Waals surface area contributed by atoms with Gasteiger partial charge in [-0.2, -0.15) is 0 Å². The van der Waals surface area contributed by atoms with Gasteiger partial charge in [0, 0.05) is 0 Å². The predicted octanol–water partition coefficient (Wildman–Crippen LogP) is -0.103. The lowest BCUT2D eigenvalue weighted by molar-refractivity contribution is 0.120. The molecule has 0 saturated heterocycles. The molecule has 0 aliphatic rings. The summed E-state index contributed by atoms with van der Waals surface area (Å²) in [6.07, 6.45) is 1.33. The van der Waals surface area contributed by atoms with Crippen LogP contribution in [0.4, 0.5) is 0 Å². The first-order chi connectivity index (χ1) is 7.56. The van der Waals surface area contributed by atoms with Gasteiger partial charge in [-0.3, -0.25) is 9.13 Å². The van der Waals surface area contributed by atoms with Gasteiger partial charge in [-0.15, -0.1) is 0 Å². The molecule has 10 heteroatoms. The van der Waals surface area contributed by atoms with Crippen molar-refractivity contribution >= 4 is 15.2 Å². The maximum atomic E-state index is 11.0. The molecule has 0 radical (unpaired) electrons. The first-order valence-electron chi connectivity index (χ1n) is 5.10. The van der Waals surface area contributed by atoms with Crippen molar-refractivity contribution in [2.75, 3.05) is 6.54 Å². The summed E-state index contributed by atoms with van der Waals surface area (Å²) in [5, 5.41) is 6.21. The summed E-state index contributed by atoms with van der Waals surface area (Å²) in [6.45, 7) is 0.473. The normalized spacial score (nSPS) is 14.0. The number of hydrogen-bond acceptors (Lipinski definition) is 4. The zero-order valence-corrected chi connectivity index (χ0v) is 11.1. The van der Waals surface area contributed by atoms with Crippen molar-refractivity contribution in [3.63, 3.8) is 0 Å². The van der Waals surface area contributed by atoms with Crippen molar-refractivity contribution in [3.8, 4) is 0 Å². The first kappa shape index (κ1) is 17.2. The minimum absolute atomic E-state index is 0.104. The molecule has 0 spiro atoms. The van der Waals surface area contributed by atoms with E-state index in [0.717, 1.165) is 0 Å². The molecule has 0 amide bonds. The zero-order valence-electron chi connectivity index (χ0n) is 9.27. The molecule has 104 valence electrons. The lowest BCUT2D eigenvalue weighted by Crippen LogP contribution is -2.28. The van der Waals surface area contributed by atoms with Crippen LogP contribution in [0.25, 0.3) is 0 Å². The summed E-state index contributed by atoms with van der Waals surface area (Å²) >= 11 is 0. The lowest BCUT2D eigenvalue weighted by atomic mass is 10.1. The molecule has 0 heterocycles. The molecule has 8 nitrogen and oxygen atoms in total. The van der Waals surface area contributed by atoms with Gasteiger partial charge >= 0.3 is 15.2 Å². The van der Waals surface area contributed by atoms with E-state index < -0.39 is 26.7 Å². The van der Waals surface area contributed by atoms with Crippen molar-refractivity contribution in [2.24, 2.45) is 5.73 Å². The van der Waals surface area contributed by atoms with Crippen LogP contribution in [0.1, 0.15) is 32.1 Å². The Balaban J connectivity index is 4.55. The molecule has 0 aromatic heterocycles. The Bertz CT molecular complexity index is 300. The van der Waals surface area contributed by atoms with Gasteiger partial charge in [0.1, 0.15) is 0 Å². The molecule has 0 unspecified atom stereocenters. The van der Waals surface area contributed by atoms with Gasteiger partial charge in [-0.05, 0) is 25.8 Å². The Labute approximate surface area is 99.2 Å². The summed E-state index contributed by atoms with van der Waals surface area (Å²) < 4.78 is 21.9. The van der Waals surface area contributed by atoms with E-state index in [4.69, 9.17) is 25.3 Å². The third-order valence-corrected chi connectivity index (χ3v) is 6.28. The van der Waals surface area contributed by atoms with E-state index in [1.807, 2.05) is 0 Å². The number of rotatable bonds is 8. The average Bonchev–Trinajstić information content (AvgIpc) is 2.13. The Morgan fingerprint density at radius 1 is 0.882 bits per heavy atom. The van der Waals surface area contributed by atoms with Crippen LogP contribution in [0.3, 0.4) is 0 Å². The average molecular weight is 291 g/mol. The Morgan fingerprint density at radius 3 is 1.65 bits per heavy atom. The van der Waals surface area contributed by atoms with Crippen LogP contribution in [0, 0.1) is 0 Å². The minimum Gasteiger partial charge on any atom is -0.368 e. The van der Waals surface area contributed by atoms with E-state index in [1.165, 1.54) is 0 Å². The Hall–Kier alpha value is 0.220. The van der Waals surface area contributed by atoms with E-state index in [9.17, 15) is 14.2 Å². The lowest BCUT2D eigenvalue weighted by Gasteiger charge is -2.29. The molecule has 7 N–H and O–H groups in total. The second kappa shape index (κ2) is 6.41. The molecule has 0 saturated carbocycles. The number of aliphatic hydroxyl groups is 1. The molecule has 0 aromatic carbocycles. The highest BCUT2D eigenvalue weighted by molar-refractivity contribution is 7.72. The summed E-state index contributed by atoms with van der Waals surface area (Å²) in [5.74, 6) is 0. The topological polar surface area (TPSA) is 161 Å². The van der Waals surface area contributed by atoms with Crippen LogP contribution in [0.2, 0.25) is 0 Å². The summed E-state index contributed by atoms with van der Waals surface area (Å²) in [4.78, 5) is 35.3. The zero-order chi connectivity index (χ0) is 13.7. The quantitative estimate of drug-likeness (QED) is 0.267. The Morgan fingerprint density at radius 2 is 1.29 bits per heavy atom. The van der Waals surface area contributed by atoms with Crippen LogP contribution in [-0.2, 0) is 9.13 Å². The van der Waals surface area contributed by atoms with Gasteiger partial charge in [0.2, 0.25) is 0 Å². The van der Waals surface area contributed by atoms with Crippen molar-refractivity contribution in [3.05, 3.63) is 0 Å². The third kappa shape index (κ3) is 4.77. The van der Waals surface area contributed by atoms with Gasteiger partial charge in [-0.1, -0.05) is 12.8 Å². The monoisotopic (exact) mass is 291 g/mol. The smallest absolute Gasteiger partial charge is 0.368 e. The molecule has 0 atom stereocenters. The number of hydrogen-bond donors (Lipinski definition) is 6. The highest BCUT2D eigenvalue weighted by atomic mass is 31.2. The van der Waals surface area contributed by atoms with Crippen molar-refractivity contribution in [2.45, 2.75) is 37.2 Å². The van der Waals surface area contributed by atoms with E-state index in [0.29, 0.717) is 25.8 Å².